The second-order valence-electron chi connectivity index (χ2n) is 13.5. The zero-order chi connectivity index (χ0) is 25.1. The van der Waals surface area contributed by atoms with Gasteiger partial charge in [-0.15, -0.1) is 0 Å². The minimum absolute atomic E-state index is 0.0219. The zero-order valence-electron chi connectivity index (χ0n) is 23.0. The predicted molar refractivity (Wildman–Crippen MR) is 135 cm³/mol. The highest BCUT2D eigenvalue weighted by molar-refractivity contribution is 5.69. The third kappa shape index (κ3) is 3.75. The third-order valence-corrected chi connectivity index (χ3v) is 12.4. The molecule has 0 aromatic carbocycles. The summed E-state index contributed by atoms with van der Waals surface area (Å²) in [5.41, 5.74) is 0.355. The number of rotatable bonds is 5. The highest BCUT2D eigenvalue weighted by Gasteiger charge is 2.72. The minimum atomic E-state index is -0.311. The van der Waals surface area contributed by atoms with E-state index in [0.29, 0.717) is 35.7 Å². The molecule has 4 saturated carbocycles. The highest BCUT2D eigenvalue weighted by Crippen LogP contribution is 2.73. The van der Waals surface area contributed by atoms with Gasteiger partial charge in [-0.25, -0.2) is 0 Å². The molecule has 4 aliphatic carbocycles. The molecule has 11 atom stereocenters. The highest BCUT2D eigenvalue weighted by atomic mass is 16.7. The number of hydrogen-bond acceptors (Lipinski definition) is 6. The van der Waals surface area contributed by atoms with E-state index in [9.17, 15) is 4.79 Å². The lowest BCUT2D eigenvalue weighted by molar-refractivity contribution is -0.338. The fraction of sp³-hybridized carbons (Fsp3) is 0.967. The monoisotopic (exact) mass is 504 g/mol. The summed E-state index contributed by atoms with van der Waals surface area (Å²) < 4.78 is 30.6. The number of esters is 1. The second-order valence-corrected chi connectivity index (χ2v) is 13.5. The van der Waals surface area contributed by atoms with Gasteiger partial charge in [0.05, 0.1) is 25.2 Å². The summed E-state index contributed by atoms with van der Waals surface area (Å²) in [5, 5.41) is 0. The van der Waals surface area contributed by atoms with Crippen LogP contribution in [0.1, 0.15) is 97.3 Å². The van der Waals surface area contributed by atoms with Crippen molar-refractivity contribution in [1.29, 1.82) is 0 Å². The van der Waals surface area contributed by atoms with Crippen molar-refractivity contribution in [3.63, 3.8) is 0 Å². The zero-order valence-corrected chi connectivity index (χ0v) is 23.0. The van der Waals surface area contributed by atoms with Crippen LogP contribution in [0.2, 0.25) is 0 Å². The lowest BCUT2D eigenvalue weighted by atomic mass is 9.42. The van der Waals surface area contributed by atoms with Crippen molar-refractivity contribution in [2.24, 2.45) is 40.4 Å². The van der Waals surface area contributed by atoms with Gasteiger partial charge in [-0.2, -0.15) is 0 Å². The van der Waals surface area contributed by atoms with Gasteiger partial charge in [-0.05, 0) is 106 Å². The molecule has 0 radical (unpaired) electrons. The fourth-order valence-electron chi connectivity index (χ4n) is 10.5. The molecule has 0 aromatic rings. The summed E-state index contributed by atoms with van der Waals surface area (Å²) >= 11 is 0. The minimum Gasteiger partial charge on any atom is -0.469 e. The molecule has 0 spiro atoms. The van der Waals surface area contributed by atoms with Crippen molar-refractivity contribution in [1.82, 2.24) is 0 Å². The molecule has 6 aliphatic rings. The summed E-state index contributed by atoms with van der Waals surface area (Å²) in [6, 6.07) is 0. The molecule has 6 heteroatoms. The standard InChI is InChI=1S/C30H48O6/c1-28-13-10-20(35-26-7-5-6-16-34-26)17-19(28)8-9-24-23(28)11-14-29(2)22-12-15-30(24,29)36-27(33-4)21(22)18-25(31)32-3/h19-24,26-27H,5-18H2,1-4H3/t19-,20+,21-,22+,23-,24+,26+,27+,28-,29+,30+/m0/s1. The van der Waals surface area contributed by atoms with Gasteiger partial charge in [0.2, 0.25) is 0 Å². The van der Waals surface area contributed by atoms with Gasteiger partial charge in [0.15, 0.2) is 12.6 Å². The van der Waals surface area contributed by atoms with Crippen LogP contribution in [0.4, 0.5) is 0 Å². The quantitative estimate of drug-likeness (QED) is 0.345. The number of ether oxygens (including phenoxy) is 5. The lowest BCUT2D eigenvalue weighted by Gasteiger charge is -2.67. The third-order valence-electron chi connectivity index (χ3n) is 12.4. The topological polar surface area (TPSA) is 63.2 Å². The molecule has 6 fully saturated rings. The maximum Gasteiger partial charge on any atom is 0.305 e. The molecule has 2 bridgehead atoms. The van der Waals surface area contributed by atoms with Gasteiger partial charge in [-0.1, -0.05) is 13.8 Å². The van der Waals surface area contributed by atoms with E-state index < -0.39 is 0 Å². The normalized spacial score (nSPS) is 52.1. The largest absolute Gasteiger partial charge is 0.469 e. The van der Waals surface area contributed by atoms with Gasteiger partial charge in [0, 0.05) is 25.0 Å². The molecule has 2 aliphatic heterocycles. The molecular weight excluding hydrogens is 456 g/mol. The van der Waals surface area contributed by atoms with Crippen LogP contribution in [-0.4, -0.2) is 51.1 Å². The Labute approximate surface area is 217 Å². The number of methoxy groups -OCH3 is 2. The summed E-state index contributed by atoms with van der Waals surface area (Å²) in [6.07, 6.45) is 14.8. The van der Waals surface area contributed by atoms with E-state index in [1.54, 1.807) is 7.11 Å². The molecule has 0 N–H and O–H groups in total. The van der Waals surface area contributed by atoms with Crippen LogP contribution in [0.15, 0.2) is 0 Å². The van der Waals surface area contributed by atoms with Gasteiger partial charge >= 0.3 is 5.97 Å². The van der Waals surface area contributed by atoms with E-state index >= 15 is 0 Å². The maximum atomic E-state index is 12.3. The average Bonchev–Trinajstić information content (AvgIpc) is 3.08. The first-order valence-electron chi connectivity index (χ1n) is 14.9. The molecule has 0 unspecified atom stereocenters. The molecule has 204 valence electrons. The van der Waals surface area contributed by atoms with Crippen LogP contribution in [-0.2, 0) is 28.5 Å². The van der Waals surface area contributed by atoms with E-state index in [4.69, 9.17) is 23.7 Å². The van der Waals surface area contributed by atoms with Crippen LogP contribution >= 0.6 is 0 Å². The first-order chi connectivity index (χ1) is 17.3. The summed E-state index contributed by atoms with van der Waals surface area (Å²) in [6.45, 7) is 5.94. The Kier molecular flexibility index (Phi) is 6.75. The van der Waals surface area contributed by atoms with Crippen LogP contribution in [0.5, 0.6) is 0 Å². The van der Waals surface area contributed by atoms with E-state index in [1.807, 2.05) is 0 Å². The van der Waals surface area contributed by atoms with E-state index in [1.165, 1.54) is 58.5 Å². The molecule has 0 aromatic heterocycles. The van der Waals surface area contributed by atoms with Gasteiger partial charge < -0.3 is 23.7 Å². The Hall–Kier alpha value is -0.690. The Morgan fingerprint density at radius 2 is 1.75 bits per heavy atom. The smallest absolute Gasteiger partial charge is 0.305 e. The van der Waals surface area contributed by atoms with Crippen molar-refractivity contribution in [2.45, 2.75) is 122 Å². The molecule has 2 saturated heterocycles. The number of fused-ring (bicyclic) bond motifs is 3. The summed E-state index contributed by atoms with van der Waals surface area (Å²) in [7, 11) is 3.24. The van der Waals surface area contributed by atoms with Crippen molar-refractivity contribution >= 4 is 5.97 Å². The summed E-state index contributed by atoms with van der Waals surface area (Å²) in [4.78, 5) is 12.3. The van der Waals surface area contributed by atoms with E-state index in [-0.39, 0.29) is 35.5 Å². The van der Waals surface area contributed by atoms with Crippen LogP contribution < -0.4 is 0 Å². The fourth-order valence-corrected chi connectivity index (χ4v) is 10.5. The summed E-state index contributed by atoms with van der Waals surface area (Å²) in [5.74, 6) is 2.41. The van der Waals surface area contributed by atoms with E-state index in [2.05, 4.69) is 13.8 Å². The van der Waals surface area contributed by atoms with Crippen LogP contribution in [0.25, 0.3) is 0 Å². The second kappa shape index (κ2) is 9.50. The molecular formula is C30H48O6. The van der Waals surface area contributed by atoms with Crippen LogP contribution in [0.3, 0.4) is 0 Å². The van der Waals surface area contributed by atoms with Gasteiger partial charge in [-0.3, -0.25) is 4.79 Å². The van der Waals surface area contributed by atoms with Crippen molar-refractivity contribution < 1.29 is 28.5 Å². The lowest BCUT2D eigenvalue weighted by Crippen LogP contribution is -2.67. The first-order valence-corrected chi connectivity index (χ1v) is 14.9. The number of hydrogen-bond donors (Lipinski definition) is 0. The Balaban J connectivity index is 1.21. The SMILES string of the molecule is COC(=O)C[C@@H]1[C@H](OC)O[C@@]23CC[C@H]1[C@@]2(C)CC[C@H]1[C@H]3CC[C@H]2C[C@H](O[C@@H]3CCCCO3)CC[C@@]21C. The predicted octanol–water partition coefficient (Wildman–Crippen LogP) is 5.86. The first kappa shape index (κ1) is 25.6. The Bertz CT molecular complexity index is 826. The van der Waals surface area contributed by atoms with Crippen molar-refractivity contribution in [3.05, 3.63) is 0 Å². The molecule has 0 amide bonds. The Morgan fingerprint density at radius 3 is 2.50 bits per heavy atom. The van der Waals surface area contributed by atoms with Crippen molar-refractivity contribution in [2.75, 3.05) is 20.8 Å². The van der Waals surface area contributed by atoms with Gasteiger partial charge in [0.25, 0.3) is 0 Å². The average molecular weight is 505 g/mol. The van der Waals surface area contributed by atoms with Crippen molar-refractivity contribution in [3.8, 4) is 0 Å². The maximum absolute atomic E-state index is 12.3. The molecule has 6 rings (SSSR count). The molecule has 2 heterocycles. The Morgan fingerprint density at radius 1 is 0.917 bits per heavy atom. The number of carbonyl (C=O) groups excluding carboxylic acids is 1. The van der Waals surface area contributed by atoms with Crippen LogP contribution in [0, 0.1) is 40.4 Å². The number of carbonyl (C=O) groups is 1. The van der Waals surface area contributed by atoms with E-state index in [0.717, 1.165) is 38.2 Å². The molecule has 6 nitrogen and oxygen atoms in total. The molecule has 36 heavy (non-hydrogen) atoms. The van der Waals surface area contributed by atoms with Gasteiger partial charge in [0.1, 0.15) is 0 Å².